The number of halogens is 3. The highest BCUT2D eigenvalue weighted by Crippen LogP contribution is 2.24. The fourth-order valence-electron chi connectivity index (χ4n) is 2.28. The van der Waals surface area contributed by atoms with Crippen molar-refractivity contribution in [3.63, 3.8) is 0 Å². The van der Waals surface area contributed by atoms with E-state index in [1.54, 1.807) is 0 Å². The summed E-state index contributed by atoms with van der Waals surface area (Å²) in [6.45, 7) is 3.70. The van der Waals surface area contributed by atoms with Crippen molar-refractivity contribution in [2.75, 3.05) is 0 Å². The molecule has 0 aliphatic rings. The normalized spacial score (nSPS) is 11.3. The van der Waals surface area contributed by atoms with Crippen molar-refractivity contribution in [1.29, 1.82) is 0 Å². The van der Waals surface area contributed by atoms with Gasteiger partial charge in [-0.3, -0.25) is 0 Å². The molecule has 0 saturated heterocycles. The minimum atomic E-state index is -4.71. The van der Waals surface area contributed by atoms with Gasteiger partial charge in [0.2, 0.25) is 0 Å². The molecule has 1 aromatic heterocycles. The van der Waals surface area contributed by atoms with Crippen LogP contribution in [-0.4, -0.2) is 21.1 Å². The molecule has 0 atom stereocenters. The smallest absolute Gasteiger partial charge is 0.406 e. The van der Waals surface area contributed by atoms with E-state index in [0.29, 0.717) is 11.5 Å². The van der Waals surface area contributed by atoms with Crippen LogP contribution in [0.25, 0.3) is 17.1 Å². The third-order valence-electron chi connectivity index (χ3n) is 3.42. The standard InChI is InChI=1S/C18H14F3N3O/c1-2-3-13-4-6-14(7-5-13)17-22-12-24(23-17)15-8-10-16(11-9-15)25-18(19,20)21/h2,4-12H,1,3H2. The summed E-state index contributed by atoms with van der Waals surface area (Å²) in [6, 6.07) is 13.2. The summed E-state index contributed by atoms with van der Waals surface area (Å²) in [5.74, 6) is 0.246. The Hall–Kier alpha value is -3.09. The molecule has 0 saturated carbocycles. The highest BCUT2D eigenvalue weighted by Gasteiger charge is 2.30. The van der Waals surface area contributed by atoms with Gasteiger partial charge in [0.1, 0.15) is 12.1 Å². The van der Waals surface area contributed by atoms with Gasteiger partial charge in [0, 0.05) is 5.56 Å². The van der Waals surface area contributed by atoms with Gasteiger partial charge in [-0.05, 0) is 36.2 Å². The van der Waals surface area contributed by atoms with E-state index in [-0.39, 0.29) is 5.75 Å². The van der Waals surface area contributed by atoms with Crippen molar-refractivity contribution in [2.24, 2.45) is 0 Å². The van der Waals surface area contributed by atoms with E-state index in [9.17, 15) is 13.2 Å². The Morgan fingerprint density at radius 3 is 2.32 bits per heavy atom. The van der Waals surface area contributed by atoms with E-state index in [1.165, 1.54) is 35.3 Å². The highest BCUT2D eigenvalue weighted by molar-refractivity contribution is 5.55. The topological polar surface area (TPSA) is 39.9 Å². The maximum absolute atomic E-state index is 12.2. The minimum Gasteiger partial charge on any atom is -0.406 e. The van der Waals surface area contributed by atoms with Crippen molar-refractivity contribution in [3.05, 3.63) is 73.1 Å². The predicted molar refractivity (Wildman–Crippen MR) is 87.4 cm³/mol. The van der Waals surface area contributed by atoms with Gasteiger partial charge in [-0.25, -0.2) is 9.67 Å². The summed E-state index contributed by atoms with van der Waals surface area (Å²) in [5.41, 5.74) is 2.57. The number of hydrogen-bond donors (Lipinski definition) is 0. The molecule has 0 aliphatic carbocycles. The fraction of sp³-hybridized carbons (Fsp3) is 0.111. The number of hydrogen-bond acceptors (Lipinski definition) is 3. The molecule has 25 heavy (non-hydrogen) atoms. The van der Waals surface area contributed by atoms with Gasteiger partial charge in [-0.2, -0.15) is 0 Å². The second-order valence-corrected chi connectivity index (χ2v) is 5.24. The molecule has 7 heteroatoms. The number of alkyl halides is 3. The van der Waals surface area contributed by atoms with Crippen molar-refractivity contribution >= 4 is 0 Å². The van der Waals surface area contributed by atoms with E-state index in [0.717, 1.165) is 17.5 Å². The number of rotatable bonds is 5. The zero-order chi connectivity index (χ0) is 17.9. The lowest BCUT2D eigenvalue weighted by Crippen LogP contribution is -2.17. The number of allylic oxidation sites excluding steroid dienone is 1. The first-order valence-corrected chi connectivity index (χ1v) is 7.43. The Morgan fingerprint density at radius 2 is 1.72 bits per heavy atom. The number of benzene rings is 2. The number of ether oxygens (including phenoxy) is 1. The minimum absolute atomic E-state index is 0.283. The second-order valence-electron chi connectivity index (χ2n) is 5.24. The molecular weight excluding hydrogens is 331 g/mol. The maximum Gasteiger partial charge on any atom is 0.573 e. The molecule has 0 fully saturated rings. The van der Waals surface area contributed by atoms with Gasteiger partial charge in [0.25, 0.3) is 0 Å². The van der Waals surface area contributed by atoms with E-state index in [1.807, 2.05) is 30.3 Å². The lowest BCUT2D eigenvalue weighted by atomic mass is 10.1. The van der Waals surface area contributed by atoms with Crippen LogP contribution >= 0.6 is 0 Å². The lowest BCUT2D eigenvalue weighted by molar-refractivity contribution is -0.274. The van der Waals surface area contributed by atoms with Crippen LogP contribution in [0.3, 0.4) is 0 Å². The third kappa shape index (κ3) is 4.26. The van der Waals surface area contributed by atoms with Gasteiger partial charge < -0.3 is 4.74 Å². The molecule has 0 aliphatic heterocycles. The van der Waals surface area contributed by atoms with Crippen LogP contribution in [0.4, 0.5) is 13.2 Å². The van der Waals surface area contributed by atoms with Crippen LogP contribution in [0.2, 0.25) is 0 Å². The van der Waals surface area contributed by atoms with Crippen molar-refractivity contribution < 1.29 is 17.9 Å². The van der Waals surface area contributed by atoms with Crippen LogP contribution in [0.5, 0.6) is 5.75 Å². The fourth-order valence-corrected chi connectivity index (χ4v) is 2.28. The van der Waals surface area contributed by atoms with E-state index in [4.69, 9.17) is 0 Å². The Labute approximate surface area is 142 Å². The highest BCUT2D eigenvalue weighted by atomic mass is 19.4. The van der Waals surface area contributed by atoms with Gasteiger partial charge in [0.15, 0.2) is 5.82 Å². The summed E-state index contributed by atoms with van der Waals surface area (Å²) >= 11 is 0. The largest absolute Gasteiger partial charge is 0.573 e. The van der Waals surface area contributed by atoms with E-state index in [2.05, 4.69) is 21.4 Å². The monoisotopic (exact) mass is 345 g/mol. The van der Waals surface area contributed by atoms with Crippen LogP contribution in [0.15, 0.2) is 67.5 Å². The molecule has 1 heterocycles. The SMILES string of the molecule is C=CCc1ccc(-c2ncn(-c3ccc(OC(F)(F)F)cc3)n2)cc1. The Bertz CT molecular complexity index is 853. The first-order valence-electron chi connectivity index (χ1n) is 7.43. The molecule has 0 unspecified atom stereocenters. The predicted octanol–water partition coefficient (Wildman–Crippen LogP) is 4.56. The third-order valence-corrected chi connectivity index (χ3v) is 3.42. The molecule has 3 aromatic rings. The Kier molecular flexibility index (Phi) is 4.56. The molecule has 0 radical (unpaired) electrons. The van der Waals surface area contributed by atoms with Crippen molar-refractivity contribution in [1.82, 2.24) is 14.8 Å². The zero-order valence-corrected chi connectivity index (χ0v) is 13.1. The van der Waals surface area contributed by atoms with Crippen molar-refractivity contribution in [3.8, 4) is 22.8 Å². The zero-order valence-electron chi connectivity index (χ0n) is 13.1. The molecule has 0 N–H and O–H groups in total. The molecule has 3 rings (SSSR count). The van der Waals surface area contributed by atoms with E-state index < -0.39 is 6.36 Å². The van der Waals surface area contributed by atoms with Gasteiger partial charge in [-0.1, -0.05) is 30.3 Å². The summed E-state index contributed by atoms with van der Waals surface area (Å²) in [7, 11) is 0. The summed E-state index contributed by atoms with van der Waals surface area (Å²) < 4.78 is 41.9. The molecule has 4 nitrogen and oxygen atoms in total. The molecular formula is C18H14F3N3O. The molecule has 128 valence electrons. The Balaban J connectivity index is 1.77. The van der Waals surface area contributed by atoms with Gasteiger partial charge in [-0.15, -0.1) is 24.8 Å². The second kappa shape index (κ2) is 6.80. The molecule has 0 amide bonds. The summed E-state index contributed by atoms with van der Waals surface area (Å²) in [5, 5.41) is 4.35. The van der Waals surface area contributed by atoms with Gasteiger partial charge >= 0.3 is 6.36 Å². The Morgan fingerprint density at radius 1 is 1.04 bits per heavy atom. The van der Waals surface area contributed by atoms with Crippen LogP contribution in [0.1, 0.15) is 5.56 Å². The number of nitrogens with zero attached hydrogens (tertiary/aromatic N) is 3. The average molecular weight is 345 g/mol. The quantitative estimate of drug-likeness (QED) is 0.637. The van der Waals surface area contributed by atoms with Gasteiger partial charge in [0.05, 0.1) is 5.69 Å². The summed E-state index contributed by atoms with van der Waals surface area (Å²) in [6.07, 6.45) is -0.588. The van der Waals surface area contributed by atoms with Crippen LogP contribution in [0, 0.1) is 0 Å². The molecule has 0 bridgehead atoms. The molecule has 2 aromatic carbocycles. The first-order chi connectivity index (χ1) is 11.9. The first kappa shape index (κ1) is 16.8. The van der Waals surface area contributed by atoms with E-state index >= 15 is 0 Å². The summed E-state index contributed by atoms with van der Waals surface area (Å²) in [4.78, 5) is 4.24. The van der Waals surface area contributed by atoms with Crippen LogP contribution < -0.4 is 4.74 Å². The average Bonchev–Trinajstić information content (AvgIpc) is 3.05. The molecule has 0 spiro atoms. The van der Waals surface area contributed by atoms with Crippen molar-refractivity contribution in [2.45, 2.75) is 12.8 Å². The van der Waals surface area contributed by atoms with Crippen LogP contribution in [-0.2, 0) is 6.42 Å². The number of aromatic nitrogens is 3. The maximum atomic E-state index is 12.2. The lowest BCUT2D eigenvalue weighted by Gasteiger charge is -2.09.